The molecule has 19 heavy (non-hydrogen) atoms. The van der Waals surface area contributed by atoms with E-state index in [2.05, 4.69) is 15.4 Å². The van der Waals surface area contributed by atoms with E-state index < -0.39 is 0 Å². The molecule has 0 radical (unpaired) electrons. The number of carbonyl (C=O) groups excluding carboxylic acids is 1. The third-order valence-corrected chi connectivity index (χ3v) is 2.52. The average molecular weight is 260 g/mol. The van der Waals surface area contributed by atoms with Crippen molar-refractivity contribution < 1.29 is 9.53 Å². The van der Waals surface area contributed by atoms with Crippen LogP contribution >= 0.6 is 0 Å². The number of pyridine rings is 1. The molecule has 2 aromatic heterocycles. The van der Waals surface area contributed by atoms with Crippen LogP contribution in [0.4, 0.5) is 11.5 Å². The molecule has 100 valence electrons. The number of anilines is 2. The summed E-state index contributed by atoms with van der Waals surface area (Å²) in [5, 5.41) is 7.22. The first-order valence-electron chi connectivity index (χ1n) is 6.16. The number of hydrogen-bond acceptors (Lipinski definition) is 5. The summed E-state index contributed by atoms with van der Waals surface area (Å²) in [7, 11) is 0. The quantitative estimate of drug-likeness (QED) is 0.835. The highest BCUT2D eigenvalue weighted by atomic mass is 16.5. The molecule has 0 saturated carbocycles. The molecule has 0 aromatic carbocycles. The van der Waals surface area contributed by atoms with Crippen LogP contribution in [0.3, 0.4) is 0 Å². The Morgan fingerprint density at radius 2 is 2.32 bits per heavy atom. The lowest BCUT2D eigenvalue weighted by Crippen LogP contribution is -2.08. The van der Waals surface area contributed by atoms with E-state index in [0.29, 0.717) is 18.0 Å². The first-order chi connectivity index (χ1) is 9.24. The van der Waals surface area contributed by atoms with E-state index in [9.17, 15) is 4.79 Å². The van der Waals surface area contributed by atoms with Crippen LogP contribution in [-0.4, -0.2) is 27.3 Å². The van der Waals surface area contributed by atoms with Crippen LogP contribution in [0.1, 0.15) is 24.2 Å². The van der Waals surface area contributed by atoms with Crippen molar-refractivity contribution in [3.8, 4) is 0 Å². The normalized spacial score (nSPS) is 10.2. The van der Waals surface area contributed by atoms with Gasteiger partial charge in [-0.25, -0.2) is 9.78 Å². The summed E-state index contributed by atoms with van der Waals surface area (Å²) >= 11 is 0. The molecule has 0 amide bonds. The molecule has 0 aliphatic rings. The highest BCUT2D eigenvalue weighted by Gasteiger charge is 2.13. The Morgan fingerprint density at radius 3 is 3.00 bits per heavy atom. The van der Waals surface area contributed by atoms with Crippen molar-refractivity contribution in [1.29, 1.82) is 0 Å². The van der Waals surface area contributed by atoms with Crippen molar-refractivity contribution in [2.75, 3.05) is 11.9 Å². The van der Waals surface area contributed by atoms with Gasteiger partial charge in [-0.2, -0.15) is 5.10 Å². The van der Waals surface area contributed by atoms with E-state index in [1.54, 1.807) is 36.1 Å². The van der Waals surface area contributed by atoms with Crippen LogP contribution < -0.4 is 5.32 Å². The lowest BCUT2D eigenvalue weighted by molar-refractivity contribution is 0.0527. The van der Waals surface area contributed by atoms with Gasteiger partial charge >= 0.3 is 5.97 Å². The number of carbonyl (C=O) groups is 1. The number of aromatic nitrogens is 3. The van der Waals surface area contributed by atoms with Gasteiger partial charge in [0, 0.05) is 18.9 Å². The van der Waals surface area contributed by atoms with Gasteiger partial charge in [-0.15, -0.1) is 0 Å². The van der Waals surface area contributed by atoms with Crippen LogP contribution in [0.15, 0.2) is 30.7 Å². The predicted octanol–water partition coefficient (Wildman–Crippen LogP) is 2.22. The second-order valence-corrected chi connectivity index (χ2v) is 3.83. The second-order valence-electron chi connectivity index (χ2n) is 3.83. The number of rotatable bonds is 5. The average Bonchev–Trinajstić information content (AvgIpc) is 2.87. The molecule has 2 aromatic rings. The van der Waals surface area contributed by atoms with E-state index in [0.717, 1.165) is 12.2 Å². The number of nitrogens with zero attached hydrogens (tertiary/aromatic N) is 3. The highest BCUT2D eigenvalue weighted by molar-refractivity contribution is 5.95. The van der Waals surface area contributed by atoms with Crippen molar-refractivity contribution in [2.45, 2.75) is 20.4 Å². The number of aryl methyl sites for hydroxylation is 1. The van der Waals surface area contributed by atoms with Crippen LogP contribution in [0.5, 0.6) is 0 Å². The Morgan fingerprint density at radius 1 is 1.47 bits per heavy atom. The minimum atomic E-state index is -0.388. The monoisotopic (exact) mass is 260 g/mol. The fourth-order valence-electron chi connectivity index (χ4n) is 1.62. The number of hydrogen-bond donors (Lipinski definition) is 1. The lowest BCUT2D eigenvalue weighted by atomic mass is 10.2. The largest absolute Gasteiger partial charge is 0.462 e. The molecule has 6 heteroatoms. The molecule has 0 atom stereocenters. The number of ether oxygens (including phenoxy) is 1. The molecule has 0 bridgehead atoms. The van der Waals surface area contributed by atoms with Gasteiger partial charge in [0.05, 0.1) is 18.5 Å². The van der Waals surface area contributed by atoms with E-state index in [-0.39, 0.29) is 5.97 Å². The highest BCUT2D eigenvalue weighted by Crippen LogP contribution is 2.18. The molecule has 6 nitrogen and oxygen atoms in total. The van der Waals surface area contributed by atoms with Gasteiger partial charge in [0.25, 0.3) is 0 Å². The molecular weight excluding hydrogens is 244 g/mol. The molecular formula is C13H16N4O2. The summed E-state index contributed by atoms with van der Waals surface area (Å²) in [5.41, 5.74) is 1.19. The van der Waals surface area contributed by atoms with Gasteiger partial charge in [0.2, 0.25) is 0 Å². The second kappa shape index (κ2) is 5.99. The molecule has 2 rings (SSSR count). The maximum Gasteiger partial charge on any atom is 0.341 e. The first-order valence-corrected chi connectivity index (χ1v) is 6.16. The minimum absolute atomic E-state index is 0.334. The van der Waals surface area contributed by atoms with Gasteiger partial charge < -0.3 is 10.1 Å². The fourth-order valence-corrected chi connectivity index (χ4v) is 1.62. The van der Waals surface area contributed by atoms with Crippen molar-refractivity contribution >= 4 is 17.5 Å². The van der Waals surface area contributed by atoms with Crippen molar-refractivity contribution in [3.05, 3.63) is 36.3 Å². The summed E-state index contributed by atoms with van der Waals surface area (Å²) in [6.07, 6.45) is 5.16. The maximum atomic E-state index is 11.8. The molecule has 0 fully saturated rings. The van der Waals surface area contributed by atoms with Crippen molar-refractivity contribution in [3.63, 3.8) is 0 Å². The SMILES string of the molecule is CCOC(=O)c1cccnc1Nc1cnn(CC)c1. The predicted molar refractivity (Wildman–Crippen MR) is 71.4 cm³/mol. The van der Waals surface area contributed by atoms with E-state index in [4.69, 9.17) is 4.74 Å². The summed E-state index contributed by atoms with van der Waals surface area (Å²) in [5.74, 6) is 0.0811. The standard InChI is InChI=1S/C13H16N4O2/c1-3-17-9-10(8-15-17)16-12-11(6-5-7-14-12)13(18)19-4-2/h5-9H,3-4H2,1-2H3,(H,14,16). The Kier molecular flexibility index (Phi) is 4.12. The summed E-state index contributed by atoms with van der Waals surface area (Å²) < 4.78 is 6.78. The lowest BCUT2D eigenvalue weighted by Gasteiger charge is -2.08. The molecule has 0 spiro atoms. The third-order valence-electron chi connectivity index (χ3n) is 2.52. The van der Waals surface area contributed by atoms with Gasteiger partial charge in [-0.1, -0.05) is 0 Å². The fraction of sp³-hybridized carbons (Fsp3) is 0.308. The van der Waals surface area contributed by atoms with Gasteiger partial charge in [-0.3, -0.25) is 4.68 Å². The molecule has 0 unspecified atom stereocenters. The Bertz CT molecular complexity index is 565. The summed E-state index contributed by atoms with van der Waals surface area (Å²) in [6.45, 7) is 4.89. The Labute approximate surface area is 111 Å². The van der Waals surface area contributed by atoms with E-state index in [1.165, 1.54) is 0 Å². The summed E-state index contributed by atoms with van der Waals surface area (Å²) in [4.78, 5) is 16.0. The zero-order valence-electron chi connectivity index (χ0n) is 11.0. The van der Waals surface area contributed by atoms with Gasteiger partial charge in [0.1, 0.15) is 11.4 Å². The van der Waals surface area contributed by atoms with E-state index in [1.807, 2.05) is 13.1 Å². The molecule has 0 aliphatic carbocycles. The number of esters is 1. The molecule has 0 aliphatic heterocycles. The van der Waals surface area contributed by atoms with Crippen molar-refractivity contribution in [1.82, 2.24) is 14.8 Å². The van der Waals surface area contributed by atoms with Gasteiger partial charge in [0.15, 0.2) is 0 Å². The molecule has 0 saturated heterocycles. The van der Waals surface area contributed by atoms with Crippen molar-refractivity contribution in [2.24, 2.45) is 0 Å². The smallest absolute Gasteiger partial charge is 0.341 e. The maximum absolute atomic E-state index is 11.8. The molecule has 2 heterocycles. The zero-order valence-corrected chi connectivity index (χ0v) is 11.0. The minimum Gasteiger partial charge on any atom is -0.462 e. The molecule has 1 N–H and O–H groups in total. The van der Waals surface area contributed by atoms with E-state index >= 15 is 0 Å². The van der Waals surface area contributed by atoms with Crippen LogP contribution in [0.25, 0.3) is 0 Å². The first kappa shape index (κ1) is 13.1. The summed E-state index contributed by atoms with van der Waals surface area (Å²) in [6, 6.07) is 3.38. The zero-order chi connectivity index (χ0) is 13.7. The van der Waals surface area contributed by atoms with Crippen LogP contribution in [0, 0.1) is 0 Å². The third kappa shape index (κ3) is 3.09. The van der Waals surface area contributed by atoms with Crippen LogP contribution in [0.2, 0.25) is 0 Å². The Hall–Kier alpha value is -2.37. The number of nitrogens with one attached hydrogen (secondary N) is 1. The topological polar surface area (TPSA) is 69.0 Å². The van der Waals surface area contributed by atoms with Crippen LogP contribution in [-0.2, 0) is 11.3 Å². The Balaban J connectivity index is 2.22. The van der Waals surface area contributed by atoms with Gasteiger partial charge in [-0.05, 0) is 26.0 Å².